The molecule has 3 aliphatic rings. The van der Waals surface area contributed by atoms with Gasteiger partial charge in [-0.3, -0.25) is 14.5 Å². The molecule has 3 rings (SSSR count). The van der Waals surface area contributed by atoms with E-state index in [1.165, 1.54) is 4.90 Å². The molecule has 2 amide bonds. The summed E-state index contributed by atoms with van der Waals surface area (Å²) in [7, 11) is 0. The van der Waals surface area contributed by atoms with Gasteiger partial charge in [0, 0.05) is 17.1 Å². The lowest BCUT2D eigenvalue weighted by molar-refractivity contribution is -0.146. The third kappa shape index (κ3) is 1.63. The summed E-state index contributed by atoms with van der Waals surface area (Å²) >= 11 is 0. The molecule has 0 spiro atoms. The van der Waals surface area contributed by atoms with Gasteiger partial charge in [-0.15, -0.1) is 0 Å². The van der Waals surface area contributed by atoms with E-state index in [2.05, 4.69) is 12.2 Å². The topological polar surface area (TPSA) is 46.6 Å². The molecule has 18 heavy (non-hydrogen) atoms. The zero-order valence-electron chi connectivity index (χ0n) is 10.7. The molecule has 2 bridgehead atoms. The lowest BCUT2D eigenvalue weighted by atomic mass is 10.1. The summed E-state index contributed by atoms with van der Waals surface area (Å²) in [6.07, 6.45) is 6.78. The van der Waals surface area contributed by atoms with Crippen LogP contribution in [0.3, 0.4) is 0 Å². The minimum atomic E-state index is -0.212. The van der Waals surface area contributed by atoms with Crippen LogP contribution in [0.15, 0.2) is 23.3 Å². The van der Waals surface area contributed by atoms with Crippen molar-refractivity contribution in [3.63, 3.8) is 0 Å². The molecule has 3 atom stereocenters. The van der Waals surface area contributed by atoms with Crippen LogP contribution in [0.5, 0.6) is 0 Å². The molecule has 3 unspecified atom stereocenters. The number of carbonyl (C=O) groups is 2. The summed E-state index contributed by atoms with van der Waals surface area (Å²) in [5, 5.41) is 0. The van der Waals surface area contributed by atoms with Gasteiger partial charge in [0.1, 0.15) is 6.73 Å². The first kappa shape index (κ1) is 11.7. The predicted octanol–water partition coefficient (Wildman–Crippen LogP) is 1.63. The van der Waals surface area contributed by atoms with E-state index in [-0.39, 0.29) is 24.6 Å². The highest BCUT2D eigenvalue weighted by atomic mass is 16.5. The summed E-state index contributed by atoms with van der Waals surface area (Å²) in [6.45, 7) is 3.47. The van der Waals surface area contributed by atoms with Gasteiger partial charge in [0.15, 0.2) is 0 Å². The van der Waals surface area contributed by atoms with Crippen LogP contribution in [0.2, 0.25) is 0 Å². The van der Waals surface area contributed by atoms with Crippen molar-refractivity contribution in [2.45, 2.75) is 32.8 Å². The molecule has 0 radical (unpaired) electrons. The standard InChI is InChI=1S/C14H17NO3/c1-8-9(2)14(17)15(13(8)16)7-18-12-6-10-3-4-11(12)5-10/h3-4,10-12H,5-7H2,1-2H3. The second-order valence-electron chi connectivity index (χ2n) is 5.40. The van der Waals surface area contributed by atoms with Crippen LogP contribution in [0.4, 0.5) is 0 Å². The molecule has 1 fully saturated rings. The number of fused-ring (bicyclic) bond motifs is 2. The fourth-order valence-electron chi connectivity index (χ4n) is 3.03. The Morgan fingerprint density at radius 1 is 1.17 bits per heavy atom. The monoisotopic (exact) mass is 247 g/mol. The van der Waals surface area contributed by atoms with Crippen molar-refractivity contribution in [2.24, 2.45) is 11.8 Å². The predicted molar refractivity (Wildman–Crippen MR) is 65.3 cm³/mol. The molecule has 1 heterocycles. The molecule has 0 aromatic rings. The number of amides is 2. The molecule has 2 aliphatic carbocycles. The van der Waals surface area contributed by atoms with Gasteiger partial charge < -0.3 is 4.74 Å². The Kier molecular flexibility index (Phi) is 2.63. The van der Waals surface area contributed by atoms with Crippen LogP contribution in [0.25, 0.3) is 0 Å². The van der Waals surface area contributed by atoms with Gasteiger partial charge >= 0.3 is 0 Å². The van der Waals surface area contributed by atoms with Crippen LogP contribution < -0.4 is 0 Å². The maximum atomic E-state index is 11.8. The van der Waals surface area contributed by atoms with Gasteiger partial charge in [0.25, 0.3) is 11.8 Å². The molecule has 96 valence electrons. The largest absolute Gasteiger partial charge is 0.357 e. The Balaban J connectivity index is 1.61. The molecule has 0 aromatic heterocycles. The molecular formula is C14H17NO3. The second-order valence-corrected chi connectivity index (χ2v) is 5.40. The molecule has 0 saturated heterocycles. The number of ether oxygens (including phenoxy) is 1. The van der Waals surface area contributed by atoms with Crippen molar-refractivity contribution in [3.8, 4) is 0 Å². The van der Waals surface area contributed by atoms with Gasteiger partial charge in [-0.1, -0.05) is 12.2 Å². The van der Waals surface area contributed by atoms with E-state index in [0.29, 0.717) is 23.0 Å². The SMILES string of the molecule is CC1=C(C)C(=O)N(COC2CC3C=CC2C3)C1=O. The van der Waals surface area contributed by atoms with Crippen molar-refractivity contribution >= 4 is 11.8 Å². The van der Waals surface area contributed by atoms with Crippen LogP contribution in [-0.2, 0) is 14.3 Å². The van der Waals surface area contributed by atoms with Crippen molar-refractivity contribution in [3.05, 3.63) is 23.3 Å². The van der Waals surface area contributed by atoms with Crippen LogP contribution in [0.1, 0.15) is 26.7 Å². The first-order valence-corrected chi connectivity index (χ1v) is 6.41. The highest BCUT2D eigenvalue weighted by Crippen LogP contribution is 2.40. The van der Waals surface area contributed by atoms with E-state index in [4.69, 9.17) is 4.74 Å². The van der Waals surface area contributed by atoms with Gasteiger partial charge in [0.2, 0.25) is 0 Å². The van der Waals surface area contributed by atoms with E-state index in [9.17, 15) is 9.59 Å². The van der Waals surface area contributed by atoms with E-state index >= 15 is 0 Å². The number of imide groups is 1. The fraction of sp³-hybridized carbons (Fsp3) is 0.571. The molecule has 4 nitrogen and oxygen atoms in total. The molecule has 0 aromatic carbocycles. The molecule has 1 aliphatic heterocycles. The van der Waals surface area contributed by atoms with Gasteiger partial charge in [-0.25, -0.2) is 0 Å². The zero-order valence-corrected chi connectivity index (χ0v) is 10.7. The molecule has 1 saturated carbocycles. The smallest absolute Gasteiger partial charge is 0.258 e. The van der Waals surface area contributed by atoms with E-state index in [1.807, 2.05) is 0 Å². The minimum Gasteiger partial charge on any atom is -0.357 e. The van der Waals surface area contributed by atoms with E-state index in [0.717, 1.165) is 12.8 Å². The Morgan fingerprint density at radius 2 is 1.83 bits per heavy atom. The number of hydrogen-bond donors (Lipinski definition) is 0. The fourth-order valence-corrected chi connectivity index (χ4v) is 3.03. The van der Waals surface area contributed by atoms with Gasteiger partial charge in [-0.05, 0) is 32.6 Å². The zero-order chi connectivity index (χ0) is 12.9. The summed E-state index contributed by atoms with van der Waals surface area (Å²) in [6, 6.07) is 0. The van der Waals surface area contributed by atoms with E-state index < -0.39 is 0 Å². The maximum absolute atomic E-state index is 11.8. The summed E-state index contributed by atoms with van der Waals surface area (Å²) in [5.74, 6) is 0.678. The lowest BCUT2D eigenvalue weighted by Gasteiger charge is -2.22. The lowest BCUT2D eigenvalue weighted by Crippen LogP contribution is -2.36. The Morgan fingerprint density at radius 3 is 2.33 bits per heavy atom. The minimum absolute atomic E-state index is 0.0913. The number of nitrogens with zero attached hydrogens (tertiary/aromatic N) is 1. The first-order valence-electron chi connectivity index (χ1n) is 6.41. The highest BCUT2D eigenvalue weighted by Gasteiger charge is 2.38. The second kappa shape index (κ2) is 4.05. The average molecular weight is 247 g/mol. The summed E-state index contributed by atoms with van der Waals surface area (Å²) in [4.78, 5) is 24.9. The Bertz CT molecular complexity index is 453. The number of rotatable bonds is 3. The average Bonchev–Trinajstić information content (AvgIpc) is 3.02. The molecule has 0 N–H and O–H groups in total. The third-order valence-electron chi connectivity index (χ3n) is 4.33. The molecule has 4 heteroatoms. The maximum Gasteiger partial charge on any atom is 0.258 e. The Hall–Kier alpha value is -1.42. The van der Waals surface area contributed by atoms with Gasteiger partial charge in [-0.2, -0.15) is 0 Å². The number of allylic oxidation sites excluding steroid dienone is 1. The highest BCUT2D eigenvalue weighted by molar-refractivity contribution is 6.18. The number of carbonyl (C=O) groups excluding carboxylic acids is 2. The van der Waals surface area contributed by atoms with Crippen molar-refractivity contribution in [1.82, 2.24) is 4.90 Å². The van der Waals surface area contributed by atoms with Gasteiger partial charge in [0.05, 0.1) is 6.10 Å². The van der Waals surface area contributed by atoms with E-state index in [1.54, 1.807) is 13.8 Å². The van der Waals surface area contributed by atoms with Crippen molar-refractivity contribution in [1.29, 1.82) is 0 Å². The third-order valence-corrected chi connectivity index (χ3v) is 4.33. The number of hydrogen-bond acceptors (Lipinski definition) is 3. The quantitative estimate of drug-likeness (QED) is 0.562. The normalized spacial score (nSPS) is 34.3. The summed E-state index contributed by atoms with van der Waals surface area (Å²) < 4.78 is 5.76. The van der Waals surface area contributed by atoms with Crippen LogP contribution in [-0.4, -0.2) is 29.5 Å². The van der Waals surface area contributed by atoms with Crippen LogP contribution >= 0.6 is 0 Å². The van der Waals surface area contributed by atoms with Crippen molar-refractivity contribution in [2.75, 3.05) is 6.73 Å². The Labute approximate surface area is 106 Å². The first-order chi connectivity index (χ1) is 8.58. The molecular weight excluding hydrogens is 230 g/mol. The van der Waals surface area contributed by atoms with Crippen molar-refractivity contribution < 1.29 is 14.3 Å². The van der Waals surface area contributed by atoms with Crippen LogP contribution in [0, 0.1) is 11.8 Å². The summed E-state index contributed by atoms with van der Waals surface area (Å²) in [5.41, 5.74) is 1.08.